The summed E-state index contributed by atoms with van der Waals surface area (Å²) >= 11 is 0. The topological polar surface area (TPSA) is 73.9 Å². The number of rotatable bonds is 4. The first kappa shape index (κ1) is 19.5. The average molecular weight is 374 g/mol. The van der Waals surface area contributed by atoms with Crippen molar-refractivity contribution in [3.05, 3.63) is 35.9 Å². The van der Waals surface area contributed by atoms with Crippen LogP contribution in [0.15, 0.2) is 30.3 Å². The van der Waals surface area contributed by atoms with E-state index in [1.54, 1.807) is 4.90 Å². The summed E-state index contributed by atoms with van der Waals surface area (Å²) in [6, 6.07) is 10.6. The molecule has 1 aromatic carbocycles. The number of amides is 3. The molecule has 0 radical (unpaired) electrons. The van der Waals surface area contributed by atoms with Gasteiger partial charge < -0.3 is 20.3 Å². The van der Waals surface area contributed by atoms with Gasteiger partial charge in [0.05, 0.1) is 7.11 Å². The summed E-state index contributed by atoms with van der Waals surface area (Å²) in [4.78, 5) is 28.0. The number of nitrogens with one attached hydrogen (secondary N) is 2. The van der Waals surface area contributed by atoms with E-state index >= 15 is 0 Å². The molecule has 3 rings (SSSR count). The van der Waals surface area contributed by atoms with Gasteiger partial charge in [-0.25, -0.2) is 9.59 Å². The summed E-state index contributed by atoms with van der Waals surface area (Å²) in [5.41, 5.74) is 1.31. The highest BCUT2D eigenvalue weighted by atomic mass is 16.5. The minimum Gasteiger partial charge on any atom is -0.453 e. The minimum absolute atomic E-state index is 0.0990. The highest BCUT2D eigenvalue weighted by Gasteiger charge is 2.26. The Balaban J connectivity index is 1.39. The van der Waals surface area contributed by atoms with E-state index in [0.717, 1.165) is 45.3 Å². The summed E-state index contributed by atoms with van der Waals surface area (Å²) in [5, 5.41) is 6.19. The van der Waals surface area contributed by atoms with Crippen LogP contribution in [-0.4, -0.2) is 67.3 Å². The first-order chi connectivity index (χ1) is 13.1. The third kappa shape index (κ3) is 5.85. The number of carbonyl (C=O) groups excluding carboxylic acids is 2. The standard InChI is InChI=1S/C20H30N4O3/c1-27-20(26)24-12-9-17(10-13-24)21-19(25)22-18-8-5-11-23(15-18)14-16-6-3-2-4-7-16/h2-4,6-7,17-18H,5,8-15H2,1H3,(H2,21,22,25). The normalized spacial score (nSPS) is 21.5. The zero-order valence-electron chi connectivity index (χ0n) is 16.0. The zero-order chi connectivity index (χ0) is 19.1. The van der Waals surface area contributed by atoms with Crippen molar-refractivity contribution in [2.24, 2.45) is 0 Å². The van der Waals surface area contributed by atoms with Crippen LogP contribution in [0.4, 0.5) is 9.59 Å². The summed E-state index contributed by atoms with van der Waals surface area (Å²) in [6.07, 6.45) is 3.33. The molecule has 2 heterocycles. The van der Waals surface area contributed by atoms with Crippen LogP contribution in [0.3, 0.4) is 0 Å². The fraction of sp³-hybridized carbons (Fsp3) is 0.600. The Morgan fingerprint density at radius 3 is 2.44 bits per heavy atom. The number of hydrogen-bond donors (Lipinski definition) is 2. The van der Waals surface area contributed by atoms with E-state index in [9.17, 15) is 9.59 Å². The van der Waals surface area contributed by atoms with Crippen LogP contribution in [0.5, 0.6) is 0 Å². The zero-order valence-corrected chi connectivity index (χ0v) is 16.0. The van der Waals surface area contributed by atoms with Crippen molar-refractivity contribution in [2.45, 2.75) is 44.3 Å². The van der Waals surface area contributed by atoms with E-state index in [1.165, 1.54) is 12.7 Å². The summed E-state index contributed by atoms with van der Waals surface area (Å²) in [7, 11) is 1.39. The number of hydrogen-bond acceptors (Lipinski definition) is 4. The fourth-order valence-electron chi connectivity index (χ4n) is 3.91. The Labute approximate surface area is 161 Å². The first-order valence-electron chi connectivity index (χ1n) is 9.80. The lowest BCUT2D eigenvalue weighted by molar-refractivity contribution is 0.110. The fourth-order valence-corrected chi connectivity index (χ4v) is 3.91. The SMILES string of the molecule is COC(=O)N1CCC(NC(=O)NC2CCCN(Cc3ccccc3)C2)CC1. The molecule has 27 heavy (non-hydrogen) atoms. The van der Waals surface area contributed by atoms with Gasteiger partial charge in [0.15, 0.2) is 0 Å². The summed E-state index contributed by atoms with van der Waals surface area (Å²) in [5.74, 6) is 0. The molecule has 2 aliphatic heterocycles. The van der Waals surface area contributed by atoms with Gasteiger partial charge >= 0.3 is 12.1 Å². The molecule has 7 heteroatoms. The number of piperidine rings is 2. The van der Waals surface area contributed by atoms with Gasteiger partial charge in [0.1, 0.15) is 0 Å². The number of urea groups is 1. The number of ether oxygens (including phenoxy) is 1. The highest BCUT2D eigenvalue weighted by molar-refractivity contribution is 5.74. The maximum atomic E-state index is 12.4. The van der Waals surface area contributed by atoms with Crippen LogP contribution >= 0.6 is 0 Å². The Kier molecular flexibility index (Phi) is 6.92. The van der Waals surface area contributed by atoms with Crippen molar-refractivity contribution >= 4 is 12.1 Å². The number of likely N-dealkylation sites (tertiary alicyclic amines) is 2. The molecule has 0 aliphatic carbocycles. The third-order valence-corrected chi connectivity index (χ3v) is 5.35. The van der Waals surface area contributed by atoms with Crippen molar-refractivity contribution in [3.63, 3.8) is 0 Å². The molecule has 0 aromatic heterocycles. The molecule has 0 bridgehead atoms. The molecule has 1 atom stereocenters. The number of benzene rings is 1. The maximum Gasteiger partial charge on any atom is 0.409 e. The summed E-state index contributed by atoms with van der Waals surface area (Å²) in [6.45, 7) is 4.11. The molecule has 2 aliphatic rings. The molecule has 7 nitrogen and oxygen atoms in total. The van der Waals surface area contributed by atoms with E-state index < -0.39 is 0 Å². The predicted molar refractivity (Wildman–Crippen MR) is 103 cm³/mol. The number of methoxy groups -OCH3 is 1. The van der Waals surface area contributed by atoms with E-state index in [2.05, 4.69) is 39.8 Å². The van der Waals surface area contributed by atoms with E-state index in [-0.39, 0.29) is 24.2 Å². The molecule has 2 N–H and O–H groups in total. The van der Waals surface area contributed by atoms with E-state index in [4.69, 9.17) is 4.74 Å². The van der Waals surface area contributed by atoms with E-state index in [0.29, 0.717) is 13.1 Å². The Morgan fingerprint density at radius 1 is 1.04 bits per heavy atom. The van der Waals surface area contributed by atoms with Crippen molar-refractivity contribution in [1.29, 1.82) is 0 Å². The van der Waals surface area contributed by atoms with Gasteiger partial charge in [-0.2, -0.15) is 0 Å². The number of carbonyl (C=O) groups is 2. The second-order valence-electron chi connectivity index (χ2n) is 7.41. The average Bonchev–Trinajstić information content (AvgIpc) is 2.69. The molecule has 1 aromatic rings. The van der Waals surface area contributed by atoms with Crippen molar-refractivity contribution in [1.82, 2.24) is 20.4 Å². The van der Waals surface area contributed by atoms with Crippen molar-refractivity contribution < 1.29 is 14.3 Å². The quantitative estimate of drug-likeness (QED) is 0.847. The van der Waals surface area contributed by atoms with Gasteiger partial charge in [0, 0.05) is 38.3 Å². The summed E-state index contributed by atoms with van der Waals surface area (Å²) < 4.78 is 4.74. The first-order valence-corrected chi connectivity index (χ1v) is 9.80. The molecule has 148 valence electrons. The van der Waals surface area contributed by atoms with Gasteiger partial charge in [0.2, 0.25) is 0 Å². The molecule has 1 unspecified atom stereocenters. The second-order valence-corrected chi connectivity index (χ2v) is 7.41. The lowest BCUT2D eigenvalue weighted by Crippen LogP contribution is -2.54. The van der Waals surface area contributed by atoms with Gasteiger partial charge in [-0.3, -0.25) is 4.90 Å². The molecule has 3 amide bonds. The van der Waals surface area contributed by atoms with Gasteiger partial charge in [-0.05, 0) is 37.8 Å². The van der Waals surface area contributed by atoms with Crippen LogP contribution in [0, 0.1) is 0 Å². The van der Waals surface area contributed by atoms with Crippen LogP contribution < -0.4 is 10.6 Å². The van der Waals surface area contributed by atoms with E-state index in [1.807, 2.05) is 6.07 Å². The van der Waals surface area contributed by atoms with Gasteiger partial charge in [-0.15, -0.1) is 0 Å². The molecule has 2 fully saturated rings. The smallest absolute Gasteiger partial charge is 0.409 e. The van der Waals surface area contributed by atoms with Crippen LogP contribution in [0.25, 0.3) is 0 Å². The Morgan fingerprint density at radius 2 is 1.74 bits per heavy atom. The van der Waals surface area contributed by atoms with Crippen LogP contribution in [0.2, 0.25) is 0 Å². The Bertz CT molecular complexity index is 617. The van der Waals surface area contributed by atoms with Crippen molar-refractivity contribution in [3.8, 4) is 0 Å². The van der Waals surface area contributed by atoms with Crippen LogP contribution in [-0.2, 0) is 11.3 Å². The predicted octanol–water partition coefficient (Wildman–Crippen LogP) is 2.18. The lowest BCUT2D eigenvalue weighted by Gasteiger charge is -2.34. The van der Waals surface area contributed by atoms with Gasteiger partial charge in [0.25, 0.3) is 0 Å². The highest BCUT2D eigenvalue weighted by Crippen LogP contribution is 2.14. The molecule has 0 saturated carbocycles. The third-order valence-electron chi connectivity index (χ3n) is 5.35. The molecule has 0 spiro atoms. The number of nitrogens with zero attached hydrogens (tertiary/aromatic N) is 2. The largest absolute Gasteiger partial charge is 0.453 e. The molecule has 2 saturated heterocycles. The minimum atomic E-state index is -0.293. The lowest BCUT2D eigenvalue weighted by atomic mass is 10.0. The molecular weight excluding hydrogens is 344 g/mol. The molecular formula is C20H30N4O3. The van der Waals surface area contributed by atoms with Crippen LogP contribution in [0.1, 0.15) is 31.2 Å². The maximum absolute atomic E-state index is 12.4. The Hall–Kier alpha value is -2.28. The van der Waals surface area contributed by atoms with Crippen molar-refractivity contribution in [2.75, 3.05) is 33.3 Å². The monoisotopic (exact) mass is 374 g/mol. The van der Waals surface area contributed by atoms with Gasteiger partial charge in [-0.1, -0.05) is 30.3 Å². The second kappa shape index (κ2) is 9.60.